The average molecular weight is 611 g/mol. The number of nitrogens with zero attached hydrogens (tertiary/aromatic N) is 6. The molecule has 0 N–H and O–H groups in total. The number of fused-ring (bicyclic) bond motifs is 5. The van der Waals surface area contributed by atoms with E-state index in [4.69, 9.17) is 28.1 Å². The largest absolute Gasteiger partial charge is 0.248 e. The zero-order chi connectivity index (χ0) is 32.6. The van der Waals surface area contributed by atoms with Gasteiger partial charge in [0.15, 0.2) is 11.4 Å². The summed E-state index contributed by atoms with van der Waals surface area (Å²) < 4.78 is 0. The Kier molecular flexibility index (Phi) is 6.85. The van der Waals surface area contributed by atoms with Gasteiger partial charge >= 0.3 is 0 Å². The first-order chi connectivity index (χ1) is 23.6. The van der Waals surface area contributed by atoms with Crippen molar-refractivity contribution in [1.82, 2.24) is 15.0 Å². The Balaban J connectivity index is 1.47. The van der Waals surface area contributed by atoms with Crippen molar-refractivity contribution in [3.05, 3.63) is 162 Å². The van der Waals surface area contributed by atoms with E-state index in [0.717, 1.165) is 55.5 Å². The maximum atomic E-state index is 9.60. The quantitative estimate of drug-likeness (QED) is 0.147. The van der Waals surface area contributed by atoms with Crippen LogP contribution in [0.3, 0.4) is 0 Å². The van der Waals surface area contributed by atoms with Crippen LogP contribution in [-0.2, 0) is 0 Å². The fourth-order valence-corrected chi connectivity index (χ4v) is 6.29. The minimum absolute atomic E-state index is 0.396. The molecule has 0 fully saturated rings. The molecule has 0 saturated heterocycles. The summed E-state index contributed by atoms with van der Waals surface area (Å²) in [7, 11) is 0. The molecule has 0 radical (unpaired) electrons. The van der Waals surface area contributed by atoms with Gasteiger partial charge in [-0.05, 0) is 47.5 Å². The molecule has 0 aliphatic rings. The molecule has 8 rings (SSSR count). The SMILES string of the molecule is [C-]#[N+]c1cc(C#N)cc(-c2cccc(-c3nc4ccccc4c4c3c([N+]#[C-])cc3nc(-c5ccccc5)c(-c5ccccc5)nc34)c2)c1. The minimum atomic E-state index is 0.396. The van der Waals surface area contributed by atoms with E-state index in [2.05, 4.69) is 15.8 Å². The van der Waals surface area contributed by atoms with Crippen LogP contribution in [0.4, 0.5) is 11.4 Å². The van der Waals surface area contributed by atoms with Crippen molar-refractivity contribution in [2.75, 3.05) is 0 Å². The van der Waals surface area contributed by atoms with Crippen LogP contribution < -0.4 is 0 Å². The van der Waals surface area contributed by atoms with E-state index in [1.165, 1.54) is 0 Å². The van der Waals surface area contributed by atoms with Crippen LogP contribution in [0.15, 0.2) is 133 Å². The van der Waals surface area contributed by atoms with E-state index in [0.29, 0.717) is 39.1 Å². The zero-order valence-electron chi connectivity index (χ0n) is 25.4. The van der Waals surface area contributed by atoms with Crippen molar-refractivity contribution in [3.63, 3.8) is 0 Å². The second kappa shape index (κ2) is 11.6. The third kappa shape index (κ3) is 4.77. The van der Waals surface area contributed by atoms with Gasteiger partial charge in [-0.2, -0.15) is 5.26 Å². The molecule has 220 valence electrons. The Bertz CT molecular complexity index is 2660. The highest BCUT2D eigenvalue weighted by atomic mass is 14.8. The fourth-order valence-electron chi connectivity index (χ4n) is 6.29. The molecular formula is C42H22N6. The molecule has 0 aliphatic carbocycles. The predicted molar refractivity (Wildman–Crippen MR) is 191 cm³/mol. The molecule has 2 heterocycles. The van der Waals surface area contributed by atoms with Crippen LogP contribution in [0.5, 0.6) is 0 Å². The Hall–Kier alpha value is -7.20. The lowest BCUT2D eigenvalue weighted by atomic mass is 9.94. The molecule has 0 amide bonds. The van der Waals surface area contributed by atoms with Crippen molar-refractivity contribution < 1.29 is 0 Å². The standard InChI is InChI=1S/C42H22N6/c1-44-32-21-26(25-43)20-31(23-32)29-16-11-17-30(22-29)39-38-35(45-2)24-36-42(37(38)33-18-9-10-19-34(33)46-39)48-41(28-14-7-4-8-15-28)40(47-36)27-12-5-3-6-13-27/h3-24H. The number of hydrogen-bond donors (Lipinski definition) is 0. The van der Waals surface area contributed by atoms with E-state index >= 15 is 0 Å². The van der Waals surface area contributed by atoms with Gasteiger partial charge in [-0.3, -0.25) is 0 Å². The van der Waals surface area contributed by atoms with E-state index in [-0.39, 0.29) is 0 Å². The minimum Gasteiger partial charge on any atom is -0.248 e. The molecule has 0 unspecified atom stereocenters. The normalized spacial score (nSPS) is 10.9. The van der Waals surface area contributed by atoms with Crippen LogP contribution in [0.1, 0.15) is 5.56 Å². The molecule has 0 aliphatic heterocycles. The lowest BCUT2D eigenvalue weighted by molar-refractivity contribution is 1.30. The van der Waals surface area contributed by atoms with E-state index in [1.807, 2.05) is 115 Å². The third-order valence-corrected chi connectivity index (χ3v) is 8.44. The van der Waals surface area contributed by atoms with E-state index in [9.17, 15) is 5.26 Å². The van der Waals surface area contributed by atoms with Gasteiger partial charge in [0.05, 0.1) is 52.8 Å². The number of hydrogen-bond acceptors (Lipinski definition) is 4. The van der Waals surface area contributed by atoms with E-state index < -0.39 is 0 Å². The van der Waals surface area contributed by atoms with Crippen molar-refractivity contribution in [3.8, 4) is 51.0 Å². The van der Waals surface area contributed by atoms with Crippen LogP contribution in [0.2, 0.25) is 0 Å². The van der Waals surface area contributed by atoms with Crippen molar-refractivity contribution in [1.29, 1.82) is 5.26 Å². The monoisotopic (exact) mass is 610 g/mol. The summed E-state index contributed by atoms with van der Waals surface area (Å²) in [6.07, 6.45) is 0. The molecule has 8 aromatic rings. The second-order valence-electron chi connectivity index (χ2n) is 11.3. The number of benzene rings is 6. The predicted octanol–water partition coefficient (Wildman–Crippen LogP) is 11.0. The molecule has 0 spiro atoms. The van der Waals surface area contributed by atoms with Gasteiger partial charge in [0, 0.05) is 38.4 Å². The smallest absolute Gasteiger partial charge is 0.199 e. The van der Waals surface area contributed by atoms with Gasteiger partial charge in [0.1, 0.15) is 0 Å². The van der Waals surface area contributed by atoms with E-state index in [1.54, 1.807) is 18.2 Å². The summed E-state index contributed by atoms with van der Waals surface area (Å²) in [6.45, 7) is 15.8. The molecule has 6 aromatic carbocycles. The Labute approximate surface area is 276 Å². The first-order valence-corrected chi connectivity index (χ1v) is 15.2. The molecule has 6 heteroatoms. The van der Waals surface area contributed by atoms with Gasteiger partial charge in [-0.1, -0.05) is 97.1 Å². The number of para-hydroxylation sites is 1. The summed E-state index contributed by atoms with van der Waals surface area (Å²) in [6, 6.07) is 44.9. The van der Waals surface area contributed by atoms with Crippen LogP contribution in [-0.4, -0.2) is 15.0 Å². The maximum Gasteiger partial charge on any atom is 0.199 e. The van der Waals surface area contributed by atoms with Crippen LogP contribution >= 0.6 is 0 Å². The number of rotatable bonds is 4. The van der Waals surface area contributed by atoms with Gasteiger partial charge in [-0.25, -0.2) is 24.6 Å². The highest BCUT2D eigenvalue weighted by Crippen LogP contribution is 2.44. The Morgan fingerprint density at radius 1 is 0.500 bits per heavy atom. The molecule has 2 aromatic heterocycles. The summed E-state index contributed by atoms with van der Waals surface area (Å²) >= 11 is 0. The Morgan fingerprint density at radius 2 is 1.15 bits per heavy atom. The summed E-state index contributed by atoms with van der Waals surface area (Å²) in [5, 5.41) is 12.0. The lowest BCUT2D eigenvalue weighted by Crippen LogP contribution is -1.98. The Morgan fingerprint density at radius 3 is 1.85 bits per heavy atom. The summed E-state index contributed by atoms with van der Waals surface area (Å²) in [5.74, 6) is 0. The van der Waals surface area contributed by atoms with Crippen molar-refractivity contribution in [2.24, 2.45) is 0 Å². The van der Waals surface area contributed by atoms with Gasteiger partial charge in [0.25, 0.3) is 0 Å². The molecule has 6 nitrogen and oxygen atoms in total. The first kappa shape index (κ1) is 28.3. The highest BCUT2D eigenvalue weighted by Gasteiger charge is 2.21. The third-order valence-electron chi connectivity index (χ3n) is 8.44. The van der Waals surface area contributed by atoms with Crippen LogP contribution in [0, 0.1) is 24.5 Å². The zero-order valence-corrected chi connectivity index (χ0v) is 25.4. The molecule has 0 bridgehead atoms. The maximum absolute atomic E-state index is 9.60. The van der Waals surface area contributed by atoms with Gasteiger partial charge in [0.2, 0.25) is 0 Å². The summed E-state index contributed by atoms with van der Waals surface area (Å²) in [4.78, 5) is 23.3. The second-order valence-corrected chi connectivity index (χ2v) is 11.3. The van der Waals surface area contributed by atoms with Crippen LogP contribution in [0.25, 0.3) is 87.3 Å². The molecular weight excluding hydrogens is 589 g/mol. The highest BCUT2D eigenvalue weighted by molar-refractivity contribution is 6.25. The van der Waals surface area contributed by atoms with Crippen molar-refractivity contribution >= 4 is 44.1 Å². The molecule has 48 heavy (non-hydrogen) atoms. The number of aromatic nitrogens is 3. The van der Waals surface area contributed by atoms with Crippen molar-refractivity contribution in [2.45, 2.75) is 0 Å². The topological polar surface area (TPSA) is 71.2 Å². The molecule has 0 atom stereocenters. The lowest BCUT2D eigenvalue weighted by Gasteiger charge is -2.16. The summed E-state index contributed by atoms with van der Waals surface area (Å²) in [5.41, 5.74) is 9.76. The van der Waals surface area contributed by atoms with Gasteiger partial charge in [-0.15, -0.1) is 0 Å². The number of nitriles is 1. The number of pyridine rings is 1. The fraction of sp³-hybridized carbons (Fsp3) is 0. The molecule has 0 saturated carbocycles. The van der Waals surface area contributed by atoms with Gasteiger partial charge < -0.3 is 0 Å². The average Bonchev–Trinajstić information content (AvgIpc) is 3.17. The first-order valence-electron chi connectivity index (χ1n) is 15.2.